The van der Waals surface area contributed by atoms with Gasteiger partial charge in [0.25, 0.3) is 5.91 Å². The summed E-state index contributed by atoms with van der Waals surface area (Å²) in [6, 6.07) is 17.4. The van der Waals surface area contributed by atoms with E-state index >= 15 is 0 Å². The van der Waals surface area contributed by atoms with Crippen LogP contribution in [0.1, 0.15) is 41.6 Å². The van der Waals surface area contributed by atoms with E-state index in [2.05, 4.69) is 57.7 Å². The monoisotopic (exact) mass is 747 g/mol. The van der Waals surface area contributed by atoms with Crippen molar-refractivity contribution in [3.63, 3.8) is 0 Å². The SMILES string of the molecule is O=C1CCC(Nc2ccc(CN3CCC(N4CCN(c5ncc(C(=O)Nc6ccc(OC(F)(F)Cl)cc6)cc5-c5ccn[nH]5)CC4)CC3)cc2)C(=O)N1. The van der Waals surface area contributed by atoms with Gasteiger partial charge in [0, 0.05) is 86.1 Å². The summed E-state index contributed by atoms with van der Waals surface area (Å²) >= 11 is 4.83. The number of imide groups is 1. The van der Waals surface area contributed by atoms with E-state index in [4.69, 9.17) is 16.6 Å². The van der Waals surface area contributed by atoms with Gasteiger partial charge in [-0.3, -0.25) is 34.6 Å². The molecule has 0 bridgehead atoms. The van der Waals surface area contributed by atoms with Crippen LogP contribution in [0.25, 0.3) is 11.3 Å². The number of halogens is 3. The zero-order chi connectivity index (χ0) is 37.0. The number of amides is 3. The van der Waals surface area contributed by atoms with Crippen LogP contribution in [0.4, 0.5) is 26.0 Å². The number of hydrogen-bond donors (Lipinski definition) is 4. The Morgan fingerprint density at radius 2 is 1.66 bits per heavy atom. The molecule has 0 saturated carbocycles. The van der Waals surface area contributed by atoms with E-state index in [0.29, 0.717) is 30.1 Å². The molecular formula is C37H40ClF2N9O4. The van der Waals surface area contributed by atoms with Crippen molar-refractivity contribution in [1.29, 1.82) is 0 Å². The lowest BCUT2D eigenvalue weighted by molar-refractivity contribution is -0.133. The fourth-order valence-corrected chi connectivity index (χ4v) is 7.21. The topological polar surface area (TPSA) is 148 Å². The Hall–Kier alpha value is -5.12. The van der Waals surface area contributed by atoms with Gasteiger partial charge < -0.3 is 20.3 Å². The van der Waals surface area contributed by atoms with Gasteiger partial charge in [0.15, 0.2) is 0 Å². The largest absolute Gasteiger partial charge is 0.487 e. The first-order valence-corrected chi connectivity index (χ1v) is 18.0. The average Bonchev–Trinajstić information content (AvgIpc) is 3.69. The number of piperidine rings is 2. The Kier molecular flexibility index (Phi) is 10.8. The van der Waals surface area contributed by atoms with Crippen LogP contribution in [-0.4, -0.2) is 99.6 Å². The highest BCUT2D eigenvalue weighted by Crippen LogP contribution is 2.31. The minimum Gasteiger partial charge on any atom is -0.420 e. The van der Waals surface area contributed by atoms with E-state index in [-0.39, 0.29) is 17.6 Å². The second-order valence-corrected chi connectivity index (χ2v) is 13.9. The number of carbonyl (C=O) groups is 3. The molecule has 3 amide bonds. The summed E-state index contributed by atoms with van der Waals surface area (Å²) < 4.78 is 30.2. The van der Waals surface area contributed by atoms with Crippen molar-refractivity contribution in [2.24, 2.45) is 0 Å². The first-order chi connectivity index (χ1) is 25.6. The number of rotatable bonds is 11. The molecule has 4 aromatic rings. The lowest BCUT2D eigenvalue weighted by atomic mass is 10.0. The van der Waals surface area contributed by atoms with Crippen molar-refractivity contribution >= 4 is 46.5 Å². The van der Waals surface area contributed by atoms with Gasteiger partial charge >= 0.3 is 5.57 Å². The fourth-order valence-electron chi connectivity index (χ4n) is 7.12. The summed E-state index contributed by atoms with van der Waals surface area (Å²) in [5, 5.41) is 15.5. The molecular weight excluding hydrogens is 708 g/mol. The number of aromatic nitrogens is 3. The molecule has 3 fully saturated rings. The number of anilines is 3. The summed E-state index contributed by atoms with van der Waals surface area (Å²) in [5.41, 5.74) is 0.472. The Labute approximate surface area is 310 Å². The maximum atomic E-state index is 13.2. The van der Waals surface area contributed by atoms with E-state index in [1.54, 1.807) is 18.5 Å². The number of piperazine rings is 1. The number of alkyl halides is 3. The molecule has 3 saturated heterocycles. The highest BCUT2D eigenvalue weighted by molar-refractivity contribution is 6.20. The van der Waals surface area contributed by atoms with Crippen LogP contribution in [0.15, 0.2) is 73.1 Å². The van der Waals surface area contributed by atoms with Crippen LogP contribution in [0.2, 0.25) is 0 Å². The van der Waals surface area contributed by atoms with E-state index < -0.39 is 17.5 Å². The molecule has 0 spiro atoms. The quantitative estimate of drug-likeness (QED) is 0.124. The van der Waals surface area contributed by atoms with Crippen molar-refractivity contribution in [2.45, 2.75) is 49.9 Å². The van der Waals surface area contributed by atoms with Gasteiger partial charge in [0.05, 0.1) is 11.3 Å². The van der Waals surface area contributed by atoms with Crippen LogP contribution in [0.3, 0.4) is 0 Å². The Morgan fingerprint density at radius 1 is 0.943 bits per heavy atom. The summed E-state index contributed by atoms with van der Waals surface area (Å²) in [6.45, 7) is 6.26. The molecule has 2 aromatic heterocycles. The third-order valence-electron chi connectivity index (χ3n) is 9.89. The first kappa shape index (κ1) is 36.2. The normalized spacial score (nSPS) is 19.2. The second kappa shape index (κ2) is 15.9. The molecule has 1 atom stereocenters. The molecule has 1 unspecified atom stereocenters. The van der Waals surface area contributed by atoms with E-state index in [0.717, 1.165) is 81.4 Å². The van der Waals surface area contributed by atoms with Crippen molar-refractivity contribution in [3.8, 4) is 17.0 Å². The molecule has 0 radical (unpaired) electrons. The highest BCUT2D eigenvalue weighted by atomic mass is 35.5. The number of benzene rings is 2. The van der Waals surface area contributed by atoms with Crippen molar-refractivity contribution in [1.82, 2.24) is 30.3 Å². The Bertz CT molecular complexity index is 1890. The molecule has 13 nitrogen and oxygen atoms in total. The molecule has 7 rings (SSSR count). The summed E-state index contributed by atoms with van der Waals surface area (Å²) in [5.74, 6) is -0.271. The van der Waals surface area contributed by atoms with Crippen molar-refractivity contribution in [3.05, 3.63) is 84.2 Å². The van der Waals surface area contributed by atoms with Crippen molar-refractivity contribution < 1.29 is 27.9 Å². The van der Waals surface area contributed by atoms with Crippen molar-refractivity contribution in [2.75, 3.05) is 54.8 Å². The highest BCUT2D eigenvalue weighted by Gasteiger charge is 2.30. The number of carbonyl (C=O) groups excluding carboxylic acids is 3. The third-order valence-corrected chi connectivity index (χ3v) is 9.97. The third kappa shape index (κ3) is 9.28. The van der Waals surface area contributed by atoms with Crippen LogP contribution in [0, 0.1) is 0 Å². The number of pyridine rings is 1. The molecule has 4 N–H and O–H groups in total. The predicted octanol–water partition coefficient (Wildman–Crippen LogP) is 4.90. The maximum absolute atomic E-state index is 13.2. The Balaban J connectivity index is 0.905. The number of ether oxygens (including phenoxy) is 1. The smallest absolute Gasteiger partial charge is 0.420 e. The number of nitrogens with one attached hydrogen (secondary N) is 4. The minimum absolute atomic E-state index is 0.136. The van der Waals surface area contributed by atoms with E-state index in [1.807, 2.05) is 18.2 Å². The zero-order valence-corrected chi connectivity index (χ0v) is 29.6. The molecule has 3 aliphatic rings. The van der Waals surface area contributed by atoms with Gasteiger partial charge in [0.1, 0.15) is 17.6 Å². The predicted molar refractivity (Wildman–Crippen MR) is 196 cm³/mol. The summed E-state index contributed by atoms with van der Waals surface area (Å²) in [6.07, 6.45) is 6.21. The average molecular weight is 748 g/mol. The molecule has 3 aliphatic heterocycles. The molecule has 0 aliphatic carbocycles. The van der Waals surface area contributed by atoms with E-state index in [1.165, 1.54) is 29.8 Å². The lowest BCUT2D eigenvalue weighted by Gasteiger charge is -2.43. The number of nitrogens with zero attached hydrogens (tertiary/aromatic N) is 5. The van der Waals surface area contributed by atoms with Crippen LogP contribution in [-0.2, 0) is 16.1 Å². The standard InChI is InChI=1S/C37H40ClF2N9O4/c38-37(39,40)53-29-7-5-27(6-8-29)44-35(51)25-21-30(31-11-14-42-46-31)34(41-22-25)49-19-17-48(18-20-49)28-12-15-47(16-13-28)23-24-1-3-26(4-2-24)43-32-9-10-33(50)45-36(32)52/h1-8,11,14,21-22,28,32,43H,9-10,12-13,15-20,23H2,(H,42,46)(H,44,51)(H,45,50,52). The van der Waals surface area contributed by atoms with Gasteiger partial charge in [-0.05, 0) is 86.4 Å². The first-order valence-electron chi connectivity index (χ1n) is 17.6. The van der Waals surface area contributed by atoms with Crippen LogP contribution < -0.4 is 25.6 Å². The molecule has 5 heterocycles. The molecule has 2 aromatic carbocycles. The number of H-pyrrole nitrogens is 1. The number of aromatic amines is 1. The number of likely N-dealkylation sites (tertiary alicyclic amines) is 1. The number of hydrogen-bond acceptors (Lipinski definition) is 10. The van der Waals surface area contributed by atoms with Crippen LogP contribution >= 0.6 is 11.6 Å². The molecule has 278 valence electrons. The summed E-state index contributed by atoms with van der Waals surface area (Å²) in [7, 11) is 0. The van der Waals surface area contributed by atoms with Gasteiger partial charge in [-0.1, -0.05) is 12.1 Å². The maximum Gasteiger partial charge on any atom is 0.487 e. The molecule has 53 heavy (non-hydrogen) atoms. The van der Waals surface area contributed by atoms with Gasteiger partial charge in [-0.2, -0.15) is 5.10 Å². The fraction of sp³-hybridized carbons (Fsp3) is 0.378. The van der Waals surface area contributed by atoms with Crippen LogP contribution in [0.5, 0.6) is 5.75 Å². The van der Waals surface area contributed by atoms with Gasteiger partial charge in [-0.15, -0.1) is 8.78 Å². The minimum atomic E-state index is -3.83. The second-order valence-electron chi connectivity index (χ2n) is 13.5. The zero-order valence-electron chi connectivity index (χ0n) is 28.9. The van der Waals surface area contributed by atoms with Gasteiger partial charge in [0.2, 0.25) is 11.8 Å². The van der Waals surface area contributed by atoms with Gasteiger partial charge in [-0.25, -0.2) is 4.98 Å². The lowest BCUT2D eigenvalue weighted by Crippen LogP contribution is -2.53. The molecule has 16 heteroatoms. The summed E-state index contributed by atoms with van der Waals surface area (Å²) in [4.78, 5) is 48.7. The Morgan fingerprint density at radius 3 is 2.32 bits per heavy atom. The van der Waals surface area contributed by atoms with E-state index in [9.17, 15) is 23.2 Å².